The molecule has 2 fully saturated rings. The molecule has 5 heteroatoms. The fraction of sp³-hybridized carbons (Fsp3) is 0.389. The van der Waals surface area contributed by atoms with E-state index in [1.807, 2.05) is 36.4 Å². The maximum atomic E-state index is 12.8. The Bertz CT molecular complexity index is 1380. The second-order valence-electron chi connectivity index (χ2n) is 11.8. The van der Waals surface area contributed by atoms with Crippen LogP contribution in [-0.4, -0.2) is 43.5 Å². The van der Waals surface area contributed by atoms with E-state index >= 15 is 0 Å². The molecule has 2 aliphatic carbocycles. The Morgan fingerprint density at radius 2 is 1.83 bits per heavy atom. The molecule has 1 spiro atoms. The number of carbonyl (C=O) groups excluding carboxylic acids is 2. The predicted molar refractivity (Wildman–Crippen MR) is 165 cm³/mol. The second kappa shape index (κ2) is 12.9. The number of hydrogen-bond donors (Lipinski definition) is 1. The molecule has 3 aromatic rings. The molecular formula is C36H42N2O3. The predicted octanol–water partition coefficient (Wildman–Crippen LogP) is 6.66. The topological polar surface area (TPSA) is 58.6 Å². The highest BCUT2D eigenvalue weighted by atomic mass is 16.5. The van der Waals surface area contributed by atoms with Gasteiger partial charge in [0.15, 0.2) is 0 Å². The van der Waals surface area contributed by atoms with Gasteiger partial charge in [-0.3, -0.25) is 9.59 Å². The fourth-order valence-corrected chi connectivity index (χ4v) is 7.28. The minimum atomic E-state index is 0.00145. The summed E-state index contributed by atoms with van der Waals surface area (Å²) in [5.41, 5.74) is 7.72. The molecule has 0 radical (unpaired) electrons. The van der Waals surface area contributed by atoms with Crippen LogP contribution in [0.1, 0.15) is 76.7 Å². The molecule has 4 unspecified atom stereocenters. The van der Waals surface area contributed by atoms with Gasteiger partial charge < -0.3 is 15.0 Å². The number of rotatable bonds is 6. The number of nitrogens with zero attached hydrogens (tertiary/aromatic N) is 1. The third-order valence-electron chi connectivity index (χ3n) is 9.51. The molecule has 5 nitrogen and oxygen atoms in total. The molecule has 214 valence electrons. The molecule has 1 saturated carbocycles. The van der Waals surface area contributed by atoms with E-state index in [9.17, 15) is 4.79 Å². The highest BCUT2D eigenvalue weighted by molar-refractivity contribution is 5.94. The van der Waals surface area contributed by atoms with E-state index in [0.717, 1.165) is 11.1 Å². The largest absolute Gasteiger partial charge is 0.471 e. The number of aryl methyl sites for hydroxylation is 1. The van der Waals surface area contributed by atoms with Crippen molar-refractivity contribution in [1.29, 1.82) is 0 Å². The summed E-state index contributed by atoms with van der Waals surface area (Å²) in [5, 5.41) is 3.06. The zero-order valence-corrected chi connectivity index (χ0v) is 24.5. The lowest BCUT2D eigenvalue weighted by molar-refractivity contribution is -0.126. The SMILES string of the molecule is COC=O.Cc1cc(C(=O)NCc2ccccc2)ccc1C1CCC(N2CCC3(C=Cc4ccccc43)C(C)C2)C1. The van der Waals surface area contributed by atoms with Gasteiger partial charge in [0.1, 0.15) is 0 Å². The highest BCUT2D eigenvalue weighted by Crippen LogP contribution is 2.48. The number of fused-ring (bicyclic) bond motifs is 2. The van der Waals surface area contributed by atoms with Gasteiger partial charge in [-0.2, -0.15) is 0 Å². The number of carbonyl (C=O) groups is 2. The summed E-state index contributed by atoms with van der Waals surface area (Å²) in [6.07, 6.45) is 9.81. The van der Waals surface area contributed by atoms with Crippen LogP contribution in [-0.2, 0) is 21.5 Å². The van der Waals surface area contributed by atoms with Gasteiger partial charge in [0.2, 0.25) is 0 Å². The van der Waals surface area contributed by atoms with Crippen molar-refractivity contribution >= 4 is 18.5 Å². The molecule has 1 saturated heterocycles. The maximum Gasteiger partial charge on any atom is 0.292 e. The van der Waals surface area contributed by atoms with Crippen LogP contribution >= 0.6 is 0 Å². The summed E-state index contributed by atoms with van der Waals surface area (Å²) >= 11 is 0. The fourth-order valence-electron chi connectivity index (χ4n) is 7.28. The first kappa shape index (κ1) is 28.8. The van der Waals surface area contributed by atoms with Crippen molar-refractivity contribution in [3.63, 3.8) is 0 Å². The minimum Gasteiger partial charge on any atom is -0.471 e. The quantitative estimate of drug-likeness (QED) is 0.349. The van der Waals surface area contributed by atoms with Crippen molar-refractivity contribution in [2.75, 3.05) is 20.2 Å². The first-order valence-electron chi connectivity index (χ1n) is 14.9. The standard InChI is InChI=1S/C34H38N2O.C2H4O2/c1-24-20-29(33(37)35-22-26-8-4-3-5-9-26)13-15-31(24)28-12-14-30(21-28)36-19-18-34(25(2)23-36)17-16-27-10-6-7-11-32(27)34;1-4-2-3/h3-11,13,15-17,20,25,28,30H,12,14,18-19,21-23H2,1-2H3,(H,35,37);2H,1H3. The van der Waals surface area contributed by atoms with E-state index < -0.39 is 0 Å². The van der Waals surface area contributed by atoms with Crippen molar-refractivity contribution in [1.82, 2.24) is 10.2 Å². The van der Waals surface area contributed by atoms with Gasteiger partial charge in [-0.15, -0.1) is 0 Å². The Morgan fingerprint density at radius 3 is 2.56 bits per heavy atom. The Labute approximate surface area is 244 Å². The van der Waals surface area contributed by atoms with Gasteiger partial charge in [-0.05, 0) is 90.9 Å². The summed E-state index contributed by atoms with van der Waals surface area (Å²) < 4.78 is 3.86. The van der Waals surface area contributed by atoms with Crippen LogP contribution in [0.4, 0.5) is 0 Å². The van der Waals surface area contributed by atoms with Gasteiger partial charge in [0.25, 0.3) is 12.4 Å². The molecule has 1 amide bonds. The maximum absolute atomic E-state index is 12.8. The number of amides is 1. The number of hydrogen-bond acceptors (Lipinski definition) is 4. The lowest BCUT2D eigenvalue weighted by Crippen LogP contribution is -2.50. The van der Waals surface area contributed by atoms with E-state index in [-0.39, 0.29) is 11.3 Å². The summed E-state index contributed by atoms with van der Waals surface area (Å²) in [5.74, 6) is 1.21. The van der Waals surface area contributed by atoms with E-state index in [2.05, 4.69) is 77.4 Å². The van der Waals surface area contributed by atoms with E-state index in [1.165, 1.54) is 68.1 Å². The Hall–Kier alpha value is -3.70. The van der Waals surface area contributed by atoms with Crippen molar-refractivity contribution in [3.05, 3.63) is 112 Å². The molecule has 3 aliphatic rings. The van der Waals surface area contributed by atoms with Crippen LogP contribution in [0.2, 0.25) is 0 Å². The first-order valence-corrected chi connectivity index (χ1v) is 14.9. The van der Waals surface area contributed by atoms with Crippen molar-refractivity contribution in [2.45, 2.75) is 63.5 Å². The number of nitrogens with one attached hydrogen (secondary N) is 1. The summed E-state index contributed by atoms with van der Waals surface area (Å²) in [6.45, 7) is 7.92. The van der Waals surface area contributed by atoms with Crippen LogP contribution in [0.3, 0.4) is 0 Å². The van der Waals surface area contributed by atoms with Crippen molar-refractivity contribution < 1.29 is 14.3 Å². The number of methoxy groups -OCH3 is 1. The van der Waals surface area contributed by atoms with Crippen LogP contribution < -0.4 is 5.32 Å². The van der Waals surface area contributed by atoms with Crippen LogP contribution in [0.5, 0.6) is 0 Å². The summed E-state index contributed by atoms with van der Waals surface area (Å²) in [4.78, 5) is 24.5. The Morgan fingerprint density at radius 1 is 1.07 bits per heavy atom. The monoisotopic (exact) mass is 550 g/mol. The van der Waals surface area contributed by atoms with Crippen LogP contribution in [0.15, 0.2) is 78.9 Å². The minimum absolute atomic E-state index is 0.00145. The number of benzene rings is 3. The van der Waals surface area contributed by atoms with E-state index in [1.54, 1.807) is 0 Å². The molecule has 0 aromatic heterocycles. The number of piperidine rings is 1. The molecule has 1 N–H and O–H groups in total. The normalized spacial score (nSPS) is 24.8. The molecular weight excluding hydrogens is 508 g/mol. The number of likely N-dealkylation sites (tertiary alicyclic amines) is 1. The summed E-state index contributed by atoms with van der Waals surface area (Å²) in [7, 11) is 1.31. The summed E-state index contributed by atoms with van der Waals surface area (Å²) in [6, 6.07) is 26.0. The third kappa shape index (κ3) is 6.15. The zero-order valence-electron chi connectivity index (χ0n) is 24.5. The Kier molecular flexibility index (Phi) is 9.04. The number of allylic oxidation sites excluding steroid dienone is 1. The average Bonchev–Trinajstić information content (AvgIpc) is 3.64. The van der Waals surface area contributed by atoms with Crippen molar-refractivity contribution in [3.8, 4) is 0 Å². The van der Waals surface area contributed by atoms with Gasteiger partial charge >= 0.3 is 0 Å². The smallest absolute Gasteiger partial charge is 0.292 e. The highest BCUT2D eigenvalue weighted by Gasteiger charge is 2.45. The lowest BCUT2D eigenvalue weighted by Gasteiger charge is -2.46. The van der Waals surface area contributed by atoms with E-state index in [0.29, 0.717) is 30.9 Å². The van der Waals surface area contributed by atoms with Gasteiger partial charge in [0.05, 0.1) is 7.11 Å². The molecule has 4 atom stereocenters. The number of ether oxygens (including phenoxy) is 1. The third-order valence-corrected chi connectivity index (χ3v) is 9.51. The zero-order chi connectivity index (χ0) is 28.8. The van der Waals surface area contributed by atoms with Crippen LogP contribution in [0, 0.1) is 12.8 Å². The molecule has 1 aliphatic heterocycles. The average molecular weight is 551 g/mol. The van der Waals surface area contributed by atoms with E-state index in [4.69, 9.17) is 4.79 Å². The first-order chi connectivity index (χ1) is 19.9. The second-order valence-corrected chi connectivity index (χ2v) is 11.8. The molecule has 6 rings (SSSR count). The molecule has 1 heterocycles. The molecule has 3 aromatic carbocycles. The van der Waals surface area contributed by atoms with Gasteiger partial charge in [0, 0.05) is 30.1 Å². The molecule has 0 bridgehead atoms. The Balaban J connectivity index is 0.000000794. The van der Waals surface area contributed by atoms with Gasteiger partial charge in [-0.1, -0.05) is 79.7 Å². The van der Waals surface area contributed by atoms with Crippen LogP contribution in [0.25, 0.3) is 6.08 Å². The van der Waals surface area contributed by atoms with Crippen molar-refractivity contribution in [2.24, 2.45) is 5.92 Å². The lowest BCUT2D eigenvalue weighted by atomic mass is 9.68. The van der Waals surface area contributed by atoms with Gasteiger partial charge in [-0.25, -0.2) is 0 Å². The molecule has 41 heavy (non-hydrogen) atoms.